The molecule has 22 heavy (non-hydrogen) atoms. The molecule has 0 radical (unpaired) electrons. The minimum atomic E-state index is 0.595. The maximum atomic E-state index is 4.98. The lowest BCUT2D eigenvalue weighted by Crippen LogP contribution is -2.09. The van der Waals surface area contributed by atoms with Crippen LogP contribution in [0.2, 0.25) is 0 Å². The Morgan fingerprint density at radius 1 is 1.45 bits per heavy atom. The lowest BCUT2D eigenvalue weighted by atomic mass is 10.0. The molecule has 2 atom stereocenters. The minimum absolute atomic E-state index is 0.595. The fraction of sp³-hybridized carbons (Fsp3) is 0.562. The molecule has 0 saturated heterocycles. The number of hydrogen-bond donors (Lipinski definition) is 0. The number of nitrogens with zero attached hydrogens (tertiary/aromatic N) is 3. The summed E-state index contributed by atoms with van der Waals surface area (Å²) >= 11 is 5.50. The van der Waals surface area contributed by atoms with Gasteiger partial charge in [-0.25, -0.2) is 0 Å². The van der Waals surface area contributed by atoms with Gasteiger partial charge in [0.05, 0.1) is 11.6 Å². The van der Waals surface area contributed by atoms with E-state index < -0.39 is 0 Å². The molecular formula is C16H21BBrN3S. The molecular weight excluding hydrogens is 357 g/mol. The largest absolute Gasteiger partial charge is 0.353 e. The summed E-state index contributed by atoms with van der Waals surface area (Å²) in [5, 5.41) is 6.34. The van der Waals surface area contributed by atoms with Gasteiger partial charge in [-0.1, -0.05) is 24.9 Å². The predicted octanol–water partition coefficient (Wildman–Crippen LogP) is 3.96. The van der Waals surface area contributed by atoms with Crippen molar-refractivity contribution in [1.29, 1.82) is 0 Å². The molecule has 2 saturated carbocycles. The molecule has 0 N–H and O–H groups in total. The molecule has 1 heterocycles. The Balaban J connectivity index is 1.90. The second kappa shape index (κ2) is 5.48. The van der Waals surface area contributed by atoms with E-state index in [1.165, 1.54) is 46.6 Å². The maximum Gasteiger partial charge on any atom is 0.234 e. The van der Waals surface area contributed by atoms with E-state index in [4.69, 9.17) is 5.10 Å². The number of halogens is 1. The van der Waals surface area contributed by atoms with Crippen LogP contribution in [0.4, 0.5) is 5.82 Å². The van der Waals surface area contributed by atoms with Crippen LogP contribution in [0.5, 0.6) is 0 Å². The zero-order valence-corrected chi connectivity index (χ0v) is 15.7. The highest BCUT2D eigenvalue weighted by Crippen LogP contribution is 2.46. The highest BCUT2D eigenvalue weighted by atomic mass is 79.9. The molecule has 0 spiro atoms. The van der Waals surface area contributed by atoms with Crippen LogP contribution < -0.4 is 4.22 Å². The van der Waals surface area contributed by atoms with Gasteiger partial charge in [0, 0.05) is 16.1 Å². The standard InChI is InChI=1S/C16H21BBrN3S/c1-9-7-11(9)8-10-3-6-13(18)15-14(10)16(21(17)22-2)19-20(15)12-4-5-12/h3,6,9,11-12H,4-5,7-8,17H2,1-2H3. The second-order valence-corrected chi connectivity index (χ2v) is 8.55. The van der Waals surface area contributed by atoms with Crippen LogP contribution in [0.25, 0.3) is 10.9 Å². The molecule has 0 aliphatic heterocycles. The highest BCUT2D eigenvalue weighted by molar-refractivity contribution is 9.10. The van der Waals surface area contributed by atoms with Gasteiger partial charge in [0.2, 0.25) is 7.98 Å². The van der Waals surface area contributed by atoms with Crippen LogP contribution in [-0.2, 0) is 6.42 Å². The van der Waals surface area contributed by atoms with Gasteiger partial charge in [-0.05, 0) is 65.1 Å². The Bertz CT molecular complexity index is 728. The number of rotatable bonds is 5. The van der Waals surface area contributed by atoms with Crippen LogP contribution in [0.1, 0.15) is 37.8 Å². The summed E-state index contributed by atoms with van der Waals surface area (Å²) in [6.45, 7) is 2.36. The van der Waals surface area contributed by atoms with Crippen LogP contribution in [0.15, 0.2) is 16.6 Å². The molecule has 1 aromatic carbocycles. The lowest BCUT2D eigenvalue weighted by molar-refractivity contribution is 0.666. The molecule has 2 fully saturated rings. The molecule has 1 aromatic heterocycles. The summed E-state index contributed by atoms with van der Waals surface area (Å²) in [6.07, 6.45) is 7.20. The van der Waals surface area contributed by atoms with Crippen LogP contribution in [0, 0.1) is 11.8 Å². The quantitative estimate of drug-likeness (QED) is 0.581. The average molecular weight is 378 g/mol. The van der Waals surface area contributed by atoms with Crippen molar-refractivity contribution in [2.24, 2.45) is 11.8 Å². The zero-order chi connectivity index (χ0) is 15.4. The minimum Gasteiger partial charge on any atom is -0.353 e. The summed E-state index contributed by atoms with van der Waals surface area (Å²) in [4.78, 5) is 0. The van der Waals surface area contributed by atoms with Gasteiger partial charge < -0.3 is 4.22 Å². The monoisotopic (exact) mass is 377 g/mol. The first-order valence-corrected chi connectivity index (χ1v) is 10.0. The first kappa shape index (κ1) is 14.9. The Morgan fingerprint density at radius 2 is 2.18 bits per heavy atom. The van der Waals surface area contributed by atoms with Crippen molar-refractivity contribution in [3.05, 3.63) is 22.2 Å². The molecule has 0 bridgehead atoms. The summed E-state index contributed by atoms with van der Waals surface area (Å²) in [5.74, 6) is 2.87. The normalized spacial score (nSPS) is 24.0. The van der Waals surface area contributed by atoms with Gasteiger partial charge in [-0.15, -0.1) is 0 Å². The van der Waals surface area contributed by atoms with Crippen LogP contribution in [-0.4, -0.2) is 24.0 Å². The molecule has 2 aliphatic rings. The van der Waals surface area contributed by atoms with E-state index in [-0.39, 0.29) is 0 Å². The van der Waals surface area contributed by atoms with Crippen molar-refractivity contribution in [3.8, 4) is 0 Å². The molecule has 3 nitrogen and oxygen atoms in total. The molecule has 4 rings (SSSR count). The van der Waals surface area contributed by atoms with E-state index in [9.17, 15) is 0 Å². The van der Waals surface area contributed by atoms with E-state index in [1.54, 1.807) is 11.9 Å². The third-order valence-corrected chi connectivity index (χ3v) is 6.45. The van der Waals surface area contributed by atoms with E-state index >= 15 is 0 Å². The van der Waals surface area contributed by atoms with E-state index in [0.717, 1.165) is 17.7 Å². The smallest absolute Gasteiger partial charge is 0.234 e. The third-order valence-electron chi connectivity index (χ3n) is 5.09. The van der Waals surface area contributed by atoms with Gasteiger partial charge in [0.1, 0.15) is 0 Å². The molecule has 2 aromatic rings. The van der Waals surface area contributed by atoms with Crippen molar-refractivity contribution in [3.63, 3.8) is 0 Å². The first-order valence-electron chi connectivity index (χ1n) is 8.07. The van der Waals surface area contributed by atoms with E-state index in [1.807, 2.05) is 0 Å². The number of anilines is 1. The van der Waals surface area contributed by atoms with Crippen molar-refractivity contribution in [2.45, 2.75) is 38.6 Å². The average Bonchev–Trinajstić information content (AvgIpc) is 3.42. The lowest BCUT2D eigenvalue weighted by Gasteiger charge is -2.14. The van der Waals surface area contributed by atoms with Gasteiger partial charge in [-0.3, -0.25) is 4.68 Å². The van der Waals surface area contributed by atoms with E-state index in [0.29, 0.717) is 6.04 Å². The van der Waals surface area contributed by atoms with Gasteiger partial charge in [-0.2, -0.15) is 5.10 Å². The Labute approximate surface area is 145 Å². The number of hydrogen-bond acceptors (Lipinski definition) is 3. The Hall–Kier alpha value is -0.615. The SMILES string of the molecule is BN(SC)c1nn(C2CC2)c2c(Br)ccc(CC3CC3C)c12. The summed E-state index contributed by atoms with van der Waals surface area (Å²) in [5.41, 5.74) is 2.76. The third kappa shape index (κ3) is 2.48. The van der Waals surface area contributed by atoms with Gasteiger partial charge in [0.25, 0.3) is 0 Å². The molecule has 2 unspecified atom stereocenters. The number of benzene rings is 1. The fourth-order valence-corrected chi connectivity index (χ4v) is 4.12. The van der Waals surface area contributed by atoms with Crippen LogP contribution in [0.3, 0.4) is 0 Å². The molecule has 116 valence electrons. The zero-order valence-electron chi connectivity index (χ0n) is 13.3. The van der Waals surface area contributed by atoms with Gasteiger partial charge in [0.15, 0.2) is 5.82 Å². The summed E-state index contributed by atoms with van der Waals surface area (Å²) in [6, 6.07) is 5.11. The fourth-order valence-electron chi connectivity index (χ4n) is 3.31. The second-order valence-electron chi connectivity index (χ2n) is 6.79. The topological polar surface area (TPSA) is 21.1 Å². The Kier molecular flexibility index (Phi) is 3.72. The molecule has 6 heteroatoms. The van der Waals surface area contributed by atoms with E-state index in [2.05, 4.69) is 58.1 Å². The van der Waals surface area contributed by atoms with Crippen LogP contribution >= 0.6 is 27.9 Å². The highest BCUT2D eigenvalue weighted by Gasteiger charge is 2.34. The molecule has 0 amide bonds. The predicted molar refractivity (Wildman–Crippen MR) is 101 cm³/mol. The van der Waals surface area contributed by atoms with Crippen molar-refractivity contribution < 1.29 is 0 Å². The number of aromatic nitrogens is 2. The Morgan fingerprint density at radius 3 is 2.77 bits per heavy atom. The van der Waals surface area contributed by atoms with Crippen molar-refractivity contribution >= 4 is 52.6 Å². The van der Waals surface area contributed by atoms with Gasteiger partial charge >= 0.3 is 0 Å². The van der Waals surface area contributed by atoms with Crippen molar-refractivity contribution in [1.82, 2.24) is 9.78 Å². The van der Waals surface area contributed by atoms with Crippen molar-refractivity contribution in [2.75, 3.05) is 10.5 Å². The maximum absolute atomic E-state index is 4.98. The number of fused-ring (bicyclic) bond motifs is 1. The molecule has 2 aliphatic carbocycles. The summed E-state index contributed by atoms with van der Waals surface area (Å²) in [7, 11) is 2.12. The first-order chi connectivity index (χ1) is 10.6. The summed E-state index contributed by atoms with van der Waals surface area (Å²) < 4.78 is 5.64.